The number of benzene rings is 2. The molecule has 2 saturated heterocycles. The molecule has 0 aliphatic carbocycles. The molecule has 4 rings (SSSR count). The predicted molar refractivity (Wildman–Crippen MR) is 137 cm³/mol. The number of piperidine rings is 1. The van der Waals surface area contributed by atoms with Crippen LogP contribution in [0.2, 0.25) is 0 Å². The predicted octanol–water partition coefficient (Wildman–Crippen LogP) is 3.84. The Morgan fingerprint density at radius 1 is 0.853 bits per heavy atom. The molecule has 2 aliphatic heterocycles. The third-order valence-corrected chi connectivity index (χ3v) is 7.92. The number of hydrogen-bond acceptors (Lipinski definition) is 4. The minimum Gasteiger partial charge on any atom is -0.493 e. The van der Waals surface area contributed by atoms with Crippen molar-refractivity contribution in [3.63, 3.8) is 0 Å². The van der Waals surface area contributed by atoms with Gasteiger partial charge in [0.25, 0.3) is 0 Å². The monoisotopic (exact) mass is 527 g/mol. The average molecular weight is 528 g/mol. The van der Waals surface area contributed by atoms with E-state index in [4.69, 9.17) is 4.74 Å². The third kappa shape index (κ3) is 6.39. The molecule has 2 amide bonds. The topological polar surface area (TPSA) is 53.1 Å². The van der Waals surface area contributed by atoms with Crippen molar-refractivity contribution in [1.29, 1.82) is 0 Å². The van der Waals surface area contributed by atoms with Gasteiger partial charge in [0.2, 0.25) is 11.8 Å². The van der Waals surface area contributed by atoms with Crippen molar-refractivity contribution < 1.29 is 14.3 Å². The molecule has 2 aromatic rings. The standard InChI is InChI=1S/C27H34BrN3O3/c1-29-15-17-31(18-16-29)26(33)20-27(21-34-23-8-3-2-4-9-23)11-13-30(14-12-27)25(32)19-22-7-5-6-10-24(22)28/h2-10H,11-21H2,1H3. The molecule has 0 spiro atoms. The van der Waals surface area contributed by atoms with Gasteiger partial charge >= 0.3 is 0 Å². The van der Waals surface area contributed by atoms with Crippen LogP contribution in [0.15, 0.2) is 59.1 Å². The van der Waals surface area contributed by atoms with E-state index in [1.54, 1.807) is 0 Å². The van der Waals surface area contributed by atoms with Gasteiger partial charge in [0.15, 0.2) is 0 Å². The second kappa shape index (κ2) is 11.4. The molecule has 6 nitrogen and oxygen atoms in total. The molecular weight excluding hydrogens is 494 g/mol. The van der Waals surface area contributed by atoms with Gasteiger partial charge < -0.3 is 19.4 Å². The van der Waals surface area contributed by atoms with Crippen LogP contribution >= 0.6 is 15.9 Å². The molecule has 34 heavy (non-hydrogen) atoms. The lowest BCUT2D eigenvalue weighted by Crippen LogP contribution is -2.51. The molecule has 2 aliphatic rings. The molecule has 7 heteroatoms. The lowest BCUT2D eigenvalue weighted by atomic mass is 9.75. The number of para-hydroxylation sites is 1. The van der Waals surface area contributed by atoms with E-state index in [2.05, 4.69) is 27.9 Å². The van der Waals surface area contributed by atoms with Crippen LogP contribution in [0.5, 0.6) is 5.75 Å². The smallest absolute Gasteiger partial charge is 0.227 e. The summed E-state index contributed by atoms with van der Waals surface area (Å²) in [6.07, 6.45) is 2.38. The fourth-order valence-corrected chi connectivity index (χ4v) is 5.19. The number of nitrogens with zero attached hydrogens (tertiary/aromatic N) is 3. The molecular formula is C27H34BrN3O3. The summed E-state index contributed by atoms with van der Waals surface area (Å²) >= 11 is 3.55. The maximum atomic E-state index is 13.2. The summed E-state index contributed by atoms with van der Waals surface area (Å²) < 4.78 is 7.13. The molecule has 182 valence electrons. The first kappa shape index (κ1) is 24.7. The molecule has 0 bridgehead atoms. The summed E-state index contributed by atoms with van der Waals surface area (Å²) in [5.41, 5.74) is 0.738. The number of likely N-dealkylation sites (tertiary alicyclic amines) is 1. The minimum absolute atomic E-state index is 0.134. The number of amides is 2. The van der Waals surface area contributed by atoms with Crippen LogP contribution in [0, 0.1) is 5.41 Å². The second-order valence-electron chi connectivity index (χ2n) is 9.61. The largest absolute Gasteiger partial charge is 0.493 e. The van der Waals surface area contributed by atoms with E-state index >= 15 is 0 Å². The zero-order valence-corrected chi connectivity index (χ0v) is 21.5. The van der Waals surface area contributed by atoms with E-state index in [0.717, 1.165) is 54.8 Å². The Morgan fingerprint density at radius 3 is 2.15 bits per heavy atom. The lowest BCUT2D eigenvalue weighted by Gasteiger charge is -2.43. The van der Waals surface area contributed by atoms with E-state index in [-0.39, 0.29) is 17.2 Å². The van der Waals surface area contributed by atoms with Gasteiger partial charge in [-0.3, -0.25) is 9.59 Å². The number of rotatable bonds is 7. The van der Waals surface area contributed by atoms with Gasteiger partial charge in [0.1, 0.15) is 5.75 Å². The van der Waals surface area contributed by atoms with Crippen molar-refractivity contribution in [2.75, 3.05) is 52.9 Å². The SMILES string of the molecule is CN1CCN(C(=O)CC2(COc3ccccc3)CCN(C(=O)Cc3ccccc3Br)CC2)CC1. The fourth-order valence-electron chi connectivity index (χ4n) is 4.76. The minimum atomic E-state index is -0.264. The lowest BCUT2D eigenvalue weighted by molar-refractivity contribution is -0.138. The Kier molecular flexibility index (Phi) is 8.27. The van der Waals surface area contributed by atoms with E-state index in [1.807, 2.05) is 64.4 Å². The summed E-state index contributed by atoms with van der Waals surface area (Å²) in [5.74, 6) is 1.16. The fraction of sp³-hybridized carbons (Fsp3) is 0.481. The molecule has 2 heterocycles. The molecule has 0 aromatic heterocycles. The van der Waals surface area contributed by atoms with Gasteiger partial charge in [0, 0.05) is 55.6 Å². The zero-order chi connectivity index (χ0) is 24.0. The van der Waals surface area contributed by atoms with E-state index in [1.165, 1.54) is 0 Å². The number of halogens is 1. The van der Waals surface area contributed by atoms with E-state index < -0.39 is 0 Å². The van der Waals surface area contributed by atoms with Gasteiger partial charge in [-0.05, 0) is 43.7 Å². The molecule has 2 aromatic carbocycles. The van der Waals surface area contributed by atoms with Crippen LogP contribution < -0.4 is 4.74 Å². The summed E-state index contributed by atoms with van der Waals surface area (Å²) in [6.45, 7) is 5.17. The summed E-state index contributed by atoms with van der Waals surface area (Å²) in [4.78, 5) is 32.5. The number of ether oxygens (including phenoxy) is 1. The summed E-state index contributed by atoms with van der Waals surface area (Å²) in [5, 5.41) is 0. The quantitative estimate of drug-likeness (QED) is 0.548. The van der Waals surface area contributed by atoms with E-state index in [9.17, 15) is 9.59 Å². The molecule has 0 atom stereocenters. The van der Waals surface area contributed by atoms with Crippen LogP contribution in [0.3, 0.4) is 0 Å². The number of likely N-dealkylation sites (N-methyl/N-ethyl adjacent to an activating group) is 1. The van der Waals surface area contributed by atoms with Gasteiger partial charge in [0.05, 0.1) is 13.0 Å². The van der Waals surface area contributed by atoms with Crippen LogP contribution in [0.25, 0.3) is 0 Å². The van der Waals surface area contributed by atoms with Crippen molar-refractivity contribution in [3.8, 4) is 5.75 Å². The Bertz CT molecular complexity index is 968. The number of hydrogen-bond donors (Lipinski definition) is 0. The second-order valence-corrected chi connectivity index (χ2v) is 10.5. The highest BCUT2D eigenvalue weighted by Gasteiger charge is 2.40. The summed E-state index contributed by atoms with van der Waals surface area (Å²) in [6, 6.07) is 17.7. The van der Waals surface area contributed by atoms with Gasteiger partial charge in [-0.25, -0.2) is 0 Å². The Balaban J connectivity index is 1.40. The molecule has 0 radical (unpaired) electrons. The summed E-state index contributed by atoms with van der Waals surface area (Å²) in [7, 11) is 2.09. The van der Waals surface area contributed by atoms with Gasteiger partial charge in [-0.1, -0.05) is 52.3 Å². The Labute approximate surface area is 211 Å². The zero-order valence-electron chi connectivity index (χ0n) is 19.9. The van der Waals surface area contributed by atoms with Crippen LogP contribution in [0.4, 0.5) is 0 Å². The maximum Gasteiger partial charge on any atom is 0.227 e. The van der Waals surface area contributed by atoms with Crippen molar-refractivity contribution in [3.05, 3.63) is 64.6 Å². The Morgan fingerprint density at radius 2 is 1.47 bits per heavy atom. The van der Waals surface area contributed by atoms with Crippen LogP contribution in [-0.4, -0.2) is 79.4 Å². The highest BCUT2D eigenvalue weighted by atomic mass is 79.9. The number of carbonyl (C=O) groups excluding carboxylic acids is 2. The average Bonchev–Trinajstić information content (AvgIpc) is 2.86. The first-order valence-electron chi connectivity index (χ1n) is 12.1. The van der Waals surface area contributed by atoms with Gasteiger partial charge in [-0.15, -0.1) is 0 Å². The van der Waals surface area contributed by atoms with Gasteiger partial charge in [-0.2, -0.15) is 0 Å². The highest BCUT2D eigenvalue weighted by molar-refractivity contribution is 9.10. The molecule has 0 N–H and O–H groups in total. The normalized spacial score (nSPS) is 18.5. The maximum absolute atomic E-state index is 13.2. The number of piperazine rings is 1. The van der Waals surface area contributed by atoms with Crippen LogP contribution in [0.1, 0.15) is 24.8 Å². The van der Waals surface area contributed by atoms with Crippen LogP contribution in [-0.2, 0) is 16.0 Å². The first-order valence-corrected chi connectivity index (χ1v) is 12.9. The van der Waals surface area contributed by atoms with Crippen molar-refractivity contribution in [2.45, 2.75) is 25.7 Å². The number of carbonyl (C=O) groups is 2. The molecule has 0 unspecified atom stereocenters. The Hall–Kier alpha value is -2.38. The molecule has 2 fully saturated rings. The van der Waals surface area contributed by atoms with Crippen molar-refractivity contribution >= 4 is 27.7 Å². The van der Waals surface area contributed by atoms with Crippen molar-refractivity contribution in [2.24, 2.45) is 5.41 Å². The van der Waals surface area contributed by atoms with Crippen molar-refractivity contribution in [1.82, 2.24) is 14.7 Å². The first-order chi connectivity index (χ1) is 16.4. The van der Waals surface area contributed by atoms with E-state index in [0.29, 0.717) is 32.5 Å². The third-order valence-electron chi connectivity index (χ3n) is 7.15. The highest BCUT2D eigenvalue weighted by Crippen LogP contribution is 2.37. The molecule has 0 saturated carbocycles.